The summed E-state index contributed by atoms with van der Waals surface area (Å²) >= 11 is 0. The molecule has 2 aromatic carbocycles. The van der Waals surface area contributed by atoms with Crippen molar-refractivity contribution in [2.75, 3.05) is 7.11 Å². The molecular weight excluding hydrogens is 269 g/mol. The van der Waals surface area contributed by atoms with Crippen molar-refractivity contribution < 1.29 is 17.9 Å². The minimum atomic E-state index is -1.01. The molecule has 3 N–H and O–H groups in total. The monoisotopic (exact) mass is 282 g/mol. The SMILES string of the molecule is COc1cccc(C(NN)c2c(F)cc(F)cc2F)c1. The maximum atomic E-state index is 13.8. The summed E-state index contributed by atoms with van der Waals surface area (Å²) in [4.78, 5) is 0. The van der Waals surface area contributed by atoms with Crippen molar-refractivity contribution in [2.24, 2.45) is 5.84 Å². The highest BCUT2D eigenvalue weighted by atomic mass is 19.1. The number of hydrogen-bond donors (Lipinski definition) is 2. The highest BCUT2D eigenvalue weighted by Crippen LogP contribution is 2.29. The Morgan fingerprint density at radius 3 is 2.30 bits per heavy atom. The van der Waals surface area contributed by atoms with Gasteiger partial charge < -0.3 is 4.74 Å². The van der Waals surface area contributed by atoms with Crippen molar-refractivity contribution in [3.8, 4) is 5.75 Å². The van der Waals surface area contributed by atoms with Crippen LogP contribution in [0.1, 0.15) is 17.2 Å². The van der Waals surface area contributed by atoms with Gasteiger partial charge in [-0.3, -0.25) is 5.84 Å². The summed E-state index contributed by atoms with van der Waals surface area (Å²) in [5.41, 5.74) is 2.48. The van der Waals surface area contributed by atoms with E-state index in [9.17, 15) is 13.2 Å². The van der Waals surface area contributed by atoms with Crippen LogP contribution in [0.3, 0.4) is 0 Å². The van der Waals surface area contributed by atoms with Gasteiger partial charge in [-0.15, -0.1) is 0 Å². The van der Waals surface area contributed by atoms with Crippen LogP contribution in [0.5, 0.6) is 5.75 Å². The fraction of sp³-hybridized carbons (Fsp3) is 0.143. The van der Waals surface area contributed by atoms with E-state index in [0.29, 0.717) is 23.4 Å². The first-order valence-corrected chi connectivity index (χ1v) is 5.81. The van der Waals surface area contributed by atoms with Crippen molar-refractivity contribution in [1.29, 1.82) is 0 Å². The van der Waals surface area contributed by atoms with Crippen LogP contribution in [-0.2, 0) is 0 Å². The number of ether oxygens (including phenoxy) is 1. The molecule has 0 amide bonds. The van der Waals surface area contributed by atoms with Crippen LogP contribution in [0, 0.1) is 17.5 Å². The number of benzene rings is 2. The highest BCUT2D eigenvalue weighted by Gasteiger charge is 2.22. The van der Waals surface area contributed by atoms with Gasteiger partial charge in [0.1, 0.15) is 23.2 Å². The molecule has 0 aliphatic rings. The third-order valence-corrected chi connectivity index (χ3v) is 2.93. The summed E-state index contributed by atoms with van der Waals surface area (Å²) in [5.74, 6) is 2.91. The summed E-state index contributed by atoms with van der Waals surface area (Å²) in [6.07, 6.45) is 0. The quantitative estimate of drug-likeness (QED) is 0.669. The molecule has 0 spiro atoms. The second kappa shape index (κ2) is 5.94. The van der Waals surface area contributed by atoms with E-state index in [1.165, 1.54) is 7.11 Å². The van der Waals surface area contributed by atoms with Crippen molar-refractivity contribution in [1.82, 2.24) is 5.43 Å². The van der Waals surface area contributed by atoms with Crippen molar-refractivity contribution in [3.05, 3.63) is 65.0 Å². The van der Waals surface area contributed by atoms with Gasteiger partial charge in [0.25, 0.3) is 0 Å². The number of halogens is 3. The van der Waals surface area contributed by atoms with E-state index >= 15 is 0 Å². The lowest BCUT2D eigenvalue weighted by Crippen LogP contribution is -2.30. The van der Waals surface area contributed by atoms with Crippen LogP contribution in [0.15, 0.2) is 36.4 Å². The zero-order valence-electron chi connectivity index (χ0n) is 10.7. The molecule has 0 aliphatic carbocycles. The van der Waals surface area contributed by atoms with Crippen LogP contribution in [0.2, 0.25) is 0 Å². The summed E-state index contributed by atoms with van der Waals surface area (Å²) in [6.45, 7) is 0. The largest absolute Gasteiger partial charge is 0.497 e. The second-order valence-electron chi connectivity index (χ2n) is 4.16. The standard InChI is InChI=1S/C14H13F3N2O/c1-20-10-4-2-3-8(5-10)14(19-18)13-11(16)6-9(15)7-12(13)17/h2-7,14,19H,18H2,1H3. The lowest BCUT2D eigenvalue weighted by Gasteiger charge is -2.19. The van der Waals surface area contributed by atoms with E-state index in [2.05, 4.69) is 5.43 Å². The molecule has 2 aromatic rings. The predicted molar refractivity (Wildman–Crippen MR) is 68.5 cm³/mol. The second-order valence-corrected chi connectivity index (χ2v) is 4.16. The molecular formula is C14H13F3N2O. The predicted octanol–water partition coefficient (Wildman–Crippen LogP) is 2.67. The molecule has 1 unspecified atom stereocenters. The maximum Gasteiger partial charge on any atom is 0.134 e. The van der Waals surface area contributed by atoms with E-state index in [4.69, 9.17) is 10.6 Å². The minimum Gasteiger partial charge on any atom is -0.497 e. The lowest BCUT2D eigenvalue weighted by atomic mass is 9.98. The van der Waals surface area contributed by atoms with Gasteiger partial charge in [-0.2, -0.15) is 0 Å². The van der Waals surface area contributed by atoms with Crippen LogP contribution in [0.4, 0.5) is 13.2 Å². The molecule has 0 aliphatic heterocycles. The number of hydrogen-bond acceptors (Lipinski definition) is 3. The van der Waals surface area contributed by atoms with Crippen molar-refractivity contribution in [2.45, 2.75) is 6.04 Å². The number of nitrogens with one attached hydrogen (secondary N) is 1. The summed E-state index contributed by atoms with van der Waals surface area (Å²) in [5, 5.41) is 0. The summed E-state index contributed by atoms with van der Waals surface area (Å²) in [6, 6.07) is 6.85. The topological polar surface area (TPSA) is 47.3 Å². The van der Waals surface area contributed by atoms with E-state index in [-0.39, 0.29) is 5.56 Å². The number of nitrogens with two attached hydrogens (primary N) is 1. The fourth-order valence-corrected chi connectivity index (χ4v) is 2.00. The van der Waals surface area contributed by atoms with Gasteiger partial charge in [0, 0.05) is 17.7 Å². The smallest absolute Gasteiger partial charge is 0.134 e. The van der Waals surface area contributed by atoms with E-state index < -0.39 is 23.5 Å². The van der Waals surface area contributed by atoms with Crippen LogP contribution in [0.25, 0.3) is 0 Å². The molecule has 3 nitrogen and oxygen atoms in total. The lowest BCUT2D eigenvalue weighted by molar-refractivity contribution is 0.413. The number of hydrazine groups is 1. The Morgan fingerprint density at radius 1 is 1.10 bits per heavy atom. The Hall–Kier alpha value is -2.05. The Balaban J connectivity index is 2.52. The van der Waals surface area contributed by atoms with Crippen molar-refractivity contribution in [3.63, 3.8) is 0 Å². The first-order valence-electron chi connectivity index (χ1n) is 5.81. The normalized spacial score (nSPS) is 12.2. The van der Waals surface area contributed by atoms with Crippen LogP contribution >= 0.6 is 0 Å². The molecule has 0 radical (unpaired) electrons. The van der Waals surface area contributed by atoms with Crippen LogP contribution < -0.4 is 16.0 Å². The van der Waals surface area contributed by atoms with E-state index in [1.54, 1.807) is 24.3 Å². The Kier molecular flexibility index (Phi) is 4.26. The van der Waals surface area contributed by atoms with E-state index in [1.807, 2.05) is 0 Å². The minimum absolute atomic E-state index is 0.345. The zero-order valence-corrected chi connectivity index (χ0v) is 10.7. The molecule has 106 valence electrons. The van der Waals surface area contributed by atoms with Gasteiger partial charge in [-0.25, -0.2) is 18.6 Å². The molecule has 0 aromatic heterocycles. The maximum absolute atomic E-state index is 13.8. The molecule has 0 saturated carbocycles. The van der Waals surface area contributed by atoms with Gasteiger partial charge >= 0.3 is 0 Å². The van der Waals surface area contributed by atoms with Gasteiger partial charge in [0.15, 0.2) is 0 Å². The molecule has 0 fully saturated rings. The molecule has 0 bridgehead atoms. The first kappa shape index (κ1) is 14.4. The Labute approximate surface area is 114 Å². The molecule has 6 heteroatoms. The van der Waals surface area contributed by atoms with Gasteiger partial charge in [-0.1, -0.05) is 12.1 Å². The number of methoxy groups -OCH3 is 1. The molecule has 1 atom stereocenters. The molecule has 2 rings (SSSR count). The third kappa shape index (κ3) is 2.76. The van der Waals surface area contributed by atoms with Crippen molar-refractivity contribution >= 4 is 0 Å². The summed E-state index contributed by atoms with van der Waals surface area (Å²) in [7, 11) is 1.48. The average Bonchev–Trinajstić information content (AvgIpc) is 2.42. The van der Waals surface area contributed by atoms with Gasteiger partial charge in [-0.05, 0) is 17.7 Å². The average molecular weight is 282 g/mol. The molecule has 0 saturated heterocycles. The van der Waals surface area contributed by atoms with Crippen LogP contribution in [-0.4, -0.2) is 7.11 Å². The zero-order chi connectivity index (χ0) is 14.7. The molecule has 0 heterocycles. The summed E-state index contributed by atoms with van der Waals surface area (Å²) < 4.78 is 45.6. The van der Waals surface area contributed by atoms with Gasteiger partial charge in [0.2, 0.25) is 0 Å². The highest BCUT2D eigenvalue weighted by molar-refractivity contribution is 5.37. The first-order chi connectivity index (χ1) is 9.56. The van der Waals surface area contributed by atoms with Gasteiger partial charge in [0.05, 0.1) is 13.2 Å². The number of rotatable bonds is 4. The molecule has 20 heavy (non-hydrogen) atoms. The third-order valence-electron chi connectivity index (χ3n) is 2.93. The van der Waals surface area contributed by atoms with E-state index in [0.717, 1.165) is 0 Å². The fourth-order valence-electron chi connectivity index (χ4n) is 2.00. The Morgan fingerprint density at radius 2 is 1.75 bits per heavy atom. The Bertz CT molecular complexity index is 596.